The second-order valence-electron chi connectivity index (χ2n) is 7.75. The first-order valence-electron chi connectivity index (χ1n) is 10.8. The van der Waals surface area contributed by atoms with Crippen molar-refractivity contribution in [2.75, 3.05) is 38.0 Å². The van der Waals surface area contributed by atoms with Gasteiger partial charge in [-0.05, 0) is 55.0 Å². The minimum atomic E-state index is -0.343. The summed E-state index contributed by atoms with van der Waals surface area (Å²) in [6, 6.07) is 19.2. The van der Waals surface area contributed by atoms with Gasteiger partial charge in [-0.3, -0.25) is 14.5 Å². The summed E-state index contributed by atoms with van der Waals surface area (Å²) in [6.45, 7) is 2.71. The first kappa shape index (κ1) is 22.9. The molecule has 1 aliphatic heterocycles. The lowest BCUT2D eigenvalue weighted by molar-refractivity contribution is -0.117. The number of rotatable bonds is 6. The number of carbonyl (C=O) groups excluding carboxylic acids is 2. The monoisotopic (exact) mass is 464 g/mol. The van der Waals surface area contributed by atoms with E-state index in [0.29, 0.717) is 35.9 Å². The van der Waals surface area contributed by atoms with Gasteiger partial charge in [0.25, 0.3) is 5.91 Å². The van der Waals surface area contributed by atoms with Crippen LogP contribution in [0.2, 0.25) is 0 Å². The summed E-state index contributed by atoms with van der Waals surface area (Å²) in [7, 11) is 0. The highest BCUT2D eigenvalue weighted by Gasteiger charge is 2.24. The van der Waals surface area contributed by atoms with E-state index in [1.165, 1.54) is 36.0 Å². The van der Waals surface area contributed by atoms with Gasteiger partial charge < -0.3 is 10.2 Å². The van der Waals surface area contributed by atoms with E-state index in [-0.39, 0.29) is 24.2 Å². The Morgan fingerprint density at radius 2 is 1.73 bits per heavy atom. The van der Waals surface area contributed by atoms with Crippen molar-refractivity contribution in [2.24, 2.45) is 0 Å². The van der Waals surface area contributed by atoms with E-state index in [9.17, 15) is 14.0 Å². The fourth-order valence-corrected chi connectivity index (χ4v) is 4.57. The molecule has 2 aromatic carbocycles. The number of nitrogens with one attached hydrogen (secondary N) is 1. The molecular formula is C25H25FN4O2S. The molecule has 1 saturated heterocycles. The van der Waals surface area contributed by atoms with Gasteiger partial charge in [0.15, 0.2) is 0 Å². The smallest absolute Gasteiger partial charge is 0.256 e. The Hall–Kier alpha value is -3.23. The predicted octanol–water partition coefficient (Wildman–Crippen LogP) is 4.16. The lowest BCUT2D eigenvalue weighted by Gasteiger charge is -2.22. The van der Waals surface area contributed by atoms with E-state index < -0.39 is 0 Å². The molecule has 0 unspecified atom stereocenters. The van der Waals surface area contributed by atoms with Gasteiger partial charge in [-0.1, -0.05) is 30.0 Å². The molecule has 0 radical (unpaired) electrons. The molecule has 33 heavy (non-hydrogen) atoms. The van der Waals surface area contributed by atoms with Gasteiger partial charge in [-0.15, -0.1) is 0 Å². The van der Waals surface area contributed by atoms with Crippen LogP contribution in [-0.2, 0) is 4.79 Å². The molecular weight excluding hydrogens is 439 g/mol. The third-order valence-corrected chi connectivity index (χ3v) is 6.36. The number of aromatic nitrogens is 1. The maximum atomic E-state index is 13.3. The van der Waals surface area contributed by atoms with Gasteiger partial charge in [-0.25, -0.2) is 9.37 Å². The number of hydrogen-bond donors (Lipinski definition) is 1. The molecule has 1 fully saturated rings. The highest BCUT2D eigenvalue weighted by atomic mass is 32.2. The molecule has 0 atom stereocenters. The fourth-order valence-electron chi connectivity index (χ4n) is 3.67. The number of carbonyl (C=O) groups is 2. The molecule has 6 nitrogen and oxygen atoms in total. The Balaban J connectivity index is 1.35. The Kier molecular flexibility index (Phi) is 7.70. The first-order chi connectivity index (χ1) is 16.1. The van der Waals surface area contributed by atoms with Crippen molar-refractivity contribution in [3.8, 4) is 0 Å². The lowest BCUT2D eigenvalue weighted by atomic mass is 10.2. The number of nitrogens with zero attached hydrogens (tertiary/aromatic N) is 3. The minimum Gasteiger partial charge on any atom is -0.337 e. The van der Waals surface area contributed by atoms with Crippen LogP contribution < -0.4 is 5.32 Å². The van der Waals surface area contributed by atoms with Crippen LogP contribution in [0.15, 0.2) is 82.8 Å². The largest absolute Gasteiger partial charge is 0.337 e. The maximum Gasteiger partial charge on any atom is 0.256 e. The van der Waals surface area contributed by atoms with E-state index in [2.05, 4.69) is 10.3 Å². The quantitative estimate of drug-likeness (QED) is 0.594. The number of amides is 2. The third-order valence-electron chi connectivity index (χ3n) is 5.33. The van der Waals surface area contributed by atoms with E-state index in [1.54, 1.807) is 12.3 Å². The number of hydrogen-bond acceptors (Lipinski definition) is 5. The average molecular weight is 465 g/mol. The van der Waals surface area contributed by atoms with Crippen molar-refractivity contribution in [2.45, 2.75) is 16.3 Å². The van der Waals surface area contributed by atoms with Crippen LogP contribution >= 0.6 is 11.8 Å². The Bertz CT molecular complexity index is 1100. The Morgan fingerprint density at radius 1 is 0.939 bits per heavy atom. The number of anilines is 1. The maximum absolute atomic E-state index is 13.3. The Labute approximate surface area is 196 Å². The molecule has 2 heterocycles. The molecule has 4 rings (SSSR count). The van der Waals surface area contributed by atoms with Gasteiger partial charge >= 0.3 is 0 Å². The normalized spacial score (nSPS) is 14.5. The van der Waals surface area contributed by atoms with E-state index in [1.807, 2.05) is 46.2 Å². The summed E-state index contributed by atoms with van der Waals surface area (Å²) in [5, 5.41) is 3.48. The number of pyridine rings is 1. The predicted molar refractivity (Wildman–Crippen MR) is 127 cm³/mol. The van der Waals surface area contributed by atoms with Crippen molar-refractivity contribution in [1.82, 2.24) is 14.8 Å². The zero-order valence-corrected chi connectivity index (χ0v) is 18.9. The van der Waals surface area contributed by atoms with Crippen LogP contribution in [0.4, 0.5) is 10.1 Å². The summed E-state index contributed by atoms with van der Waals surface area (Å²) in [5.74, 6) is -0.543. The third kappa shape index (κ3) is 6.40. The van der Waals surface area contributed by atoms with Crippen LogP contribution in [-0.4, -0.2) is 59.3 Å². The standard InChI is InChI=1S/C25H25FN4O2S/c26-19-9-11-20(12-10-19)28-23(31)18-29-14-5-15-30(17-16-29)25(32)22-8-4-13-27-24(22)33-21-6-2-1-3-7-21/h1-4,6-13H,5,14-18H2,(H,28,31). The molecule has 1 aromatic heterocycles. The van der Waals surface area contributed by atoms with Crippen LogP contribution in [0, 0.1) is 5.82 Å². The van der Waals surface area contributed by atoms with Crippen LogP contribution in [0.1, 0.15) is 16.8 Å². The molecule has 3 aromatic rings. The van der Waals surface area contributed by atoms with Crippen molar-refractivity contribution in [1.29, 1.82) is 0 Å². The van der Waals surface area contributed by atoms with Gasteiger partial charge in [0.1, 0.15) is 10.8 Å². The Morgan fingerprint density at radius 3 is 2.52 bits per heavy atom. The molecule has 0 bridgehead atoms. The van der Waals surface area contributed by atoms with E-state index in [0.717, 1.165) is 17.9 Å². The topological polar surface area (TPSA) is 65.5 Å². The first-order valence-corrected chi connectivity index (χ1v) is 11.6. The van der Waals surface area contributed by atoms with Crippen LogP contribution in [0.3, 0.4) is 0 Å². The molecule has 2 amide bonds. The summed E-state index contributed by atoms with van der Waals surface area (Å²) < 4.78 is 13.0. The zero-order valence-electron chi connectivity index (χ0n) is 18.1. The van der Waals surface area contributed by atoms with Crippen LogP contribution in [0.5, 0.6) is 0 Å². The van der Waals surface area contributed by atoms with Crippen molar-refractivity contribution < 1.29 is 14.0 Å². The molecule has 8 heteroatoms. The molecule has 0 spiro atoms. The molecule has 1 N–H and O–H groups in total. The molecule has 0 saturated carbocycles. The van der Waals surface area contributed by atoms with E-state index in [4.69, 9.17) is 0 Å². The van der Waals surface area contributed by atoms with Gasteiger partial charge in [-0.2, -0.15) is 0 Å². The van der Waals surface area contributed by atoms with Crippen molar-refractivity contribution in [3.63, 3.8) is 0 Å². The van der Waals surface area contributed by atoms with E-state index >= 15 is 0 Å². The number of benzene rings is 2. The number of halogens is 1. The van der Waals surface area contributed by atoms with Gasteiger partial charge in [0.05, 0.1) is 12.1 Å². The SMILES string of the molecule is O=C(CN1CCCN(C(=O)c2cccnc2Sc2ccccc2)CC1)Nc1ccc(F)cc1. The van der Waals surface area contributed by atoms with Crippen LogP contribution in [0.25, 0.3) is 0 Å². The minimum absolute atomic E-state index is 0.0425. The zero-order chi connectivity index (χ0) is 23.0. The average Bonchev–Trinajstić information content (AvgIpc) is 3.07. The molecule has 0 aliphatic carbocycles. The summed E-state index contributed by atoms with van der Waals surface area (Å²) >= 11 is 1.48. The second-order valence-corrected chi connectivity index (χ2v) is 8.81. The fraction of sp³-hybridized carbons (Fsp3) is 0.240. The summed E-state index contributed by atoms with van der Waals surface area (Å²) in [6.07, 6.45) is 2.48. The van der Waals surface area contributed by atoms with Gasteiger partial charge in [0, 0.05) is 43.0 Å². The summed E-state index contributed by atoms with van der Waals surface area (Å²) in [5.41, 5.74) is 1.15. The summed E-state index contributed by atoms with van der Waals surface area (Å²) in [4.78, 5) is 35.0. The van der Waals surface area contributed by atoms with Crippen molar-refractivity contribution in [3.05, 3.63) is 84.3 Å². The van der Waals surface area contributed by atoms with Crippen molar-refractivity contribution >= 4 is 29.3 Å². The second kappa shape index (κ2) is 11.1. The highest BCUT2D eigenvalue weighted by Crippen LogP contribution is 2.29. The highest BCUT2D eigenvalue weighted by molar-refractivity contribution is 7.99. The lowest BCUT2D eigenvalue weighted by Crippen LogP contribution is -2.38. The van der Waals surface area contributed by atoms with Gasteiger partial charge in [0.2, 0.25) is 5.91 Å². The molecule has 170 valence electrons. The molecule has 1 aliphatic rings.